The summed E-state index contributed by atoms with van der Waals surface area (Å²) < 4.78 is 45.6. The molecule has 101 heavy (non-hydrogen) atoms. The smallest absolute Gasteiger partial charge is 0.436 e. The molecule has 562 valence electrons. The normalized spacial score (nSPS) is 11.4. The fourth-order valence-electron chi connectivity index (χ4n) is 8.99. The van der Waals surface area contributed by atoms with Crippen molar-refractivity contribution in [2.75, 3.05) is 173 Å². The van der Waals surface area contributed by atoms with Crippen molar-refractivity contribution in [3.8, 4) is 0 Å². The molecule has 2 rings (SSSR count). The number of aromatic nitrogens is 3. The average Bonchev–Trinajstić information content (AvgIpc) is 0.971. The van der Waals surface area contributed by atoms with Gasteiger partial charge in [0.25, 0.3) is 0 Å². The first-order valence-corrected chi connectivity index (χ1v) is 33.9. The van der Waals surface area contributed by atoms with Gasteiger partial charge in [-0.2, -0.15) is 4.68 Å². The van der Waals surface area contributed by atoms with Crippen LogP contribution < -0.4 is 42.5 Å². The highest BCUT2D eigenvalue weighted by Gasteiger charge is 2.46. The van der Waals surface area contributed by atoms with Gasteiger partial charge in [0, 0.05) is 52.4 Å². The van der Waals surface area contributed by atoms with Crippen molar-refractivity contribution in [2.45, 2.75) is 85.4 Å². The lowest BCUT2D eigenvalue weighted by atomic mass is 9.90. The molecule has 8 N–H and O–H groups in total. The Kier molecular flexibility index (Phi) is 43.6. The van der Waals surface area contributed by atoms with Crippen molar-refractivity contribution in [3.63, 3.8) is 0 Å². The molecule has 8 amide bonds. The lowest BCUT2D eigenvalue weighted by molar-refractivity contribution is -0.179. The Balaban J connectivity index is 2.45. The highest BCUT2D eigenvalue weighted by atomic mass is 16.6. The van der Waals surface area contributed by atoms with Gasteiger partial charge in [0.05, 0.1) is 6.20 Å². The Morgan fingerprint density at radius 1 is 0.376 bits per heavy atom. The average molecular weight is 1430 g/mol. The molecule has 0 aliphatic heterocycles. The first kappa shape index (κ1) is 88.4. The number of nitrogens with zero attached hydrogens (tertiary/aromatic N) is 7. The maximum atomic E-state index is 14.5. The molecule has 0 spiro atoms. The summed E-state index contributed by atoms with van der Waals surface area (Å²) in [6.45, 7) is 5.97. The van der Waals surface area contributed by atoms with Crippen LogP contribution in [-0.2, 0) is 65.5 Å². The van der Waals surface area contributed by atoms with Crippen LogP contribution in [-0.4, -0.2) is 310 Å². The van der Waals surface area contributed by atoms with Crippen LogP contribution in [0.5, 0.6) is 0 Å². The fraction of sp³-hybridized carbons (Fsp3) is 0.677. The third-order valence-electron chi connectivity index (χ3n) is 15.2. The van der Waals surface area contributed by atoms with Crippen molar-refractivity contribution in [3.05, 3.63) is 47.8 Å². The third-order valence-corrected chi connectivity index (χ3v) is 15.2. The van der Waals surface area contributed by atoms with E-state index in [0.29, 0.717) is 135 Å². The summed E-state index contributed by atoms with van der Waals surface area (Å²) in [7, 11) is 13.3. The van der Waals surface area contributed by atoms with E-state index in [1.54, 1.807) is 30.3 Å². The van der Waals surface area contributed by atoms with Gasteiger partial charge >= 0.3 is 48.4 Å². The van der Waals surface area contributed by atoms with E-state index in [0.717, 1.165) is 10.9 Å². The van der Waals surface area contributed by atoms with Gasteiger partial charge in [0.2, 0.25) is 31.4 Å². The Labute approximate surface area is 595 Å². The summed E-state index contributed by atoms with van der Waals surface area (Å²) in [6.07, 6.45) is 1.33. The molecule has 0 atom stereocenters. The maximum absolute atomic E-state index is 14.5. The molecule has 0 bridgehead atoms. The standard InChI is InChI=1S/C62H107B4N15O20/c1-60(48(82)94-39-47-37-81(76-75-47)59(93)95-38-46-19-9-8-10-20-46,40-96-49(83)61(2,42-98-55(89)71-25-15-33-77(4)29-11-21-67-51(63)85)43-99-56(90)72-26-16-34-78(5)30-12-22-68-52(64)86)41-97-50(84)62(3,44-100-57(91)73-27-17-35-79(6)31-13-23-69-53(65)87)45-101-58(92)74-28-18-36-80(7)32-14-24-70-54(66)88/h8-10,19-20,37H,11-18,21-36,38-45,63-66H2,1-7H3,(H,67,85)(H,68,86)(H,69,87)(H,70,88)(H,71,89)(H,72,90)(H,73,91)(H,74,92). The van der Waals surface area contributed by atoms with Crippen LogP contribution in [0.3, 0.4) is 0 Å². The number of ether oxygens (including phenoxy) is 8. The Morgan fingerprint density at radius 3 is 0.931 bits per heavy atom. The summed E-state index contributed by atoms with van der Waals surface area (Å²) in [6, 6.07) is 8.83. The van der Waals surface area contributed by atoms with Crippen molar-refractivity contribution in [2.24, 2.45) is 16.2 Å². The fourth-order valence-corrected chi connectivity index (χ4v) is 8.99. The van der Waals surface area contributed by atoms with Gasteiger partial charge in [-0.05, 0) is 158 Å². The topological polar surface area (TPSA) is 419 Å². The number of benzene rings is 1. The molecule has 0 fully saturated rings. The molecule has 1 aromatic carbocycles. The monoisotopic (exact) mass is 1430 g/mol. The zero-order chi connectivity index (χ0) is 75.1. The van der Waals surface area contributed by atoms with E-state index in [2.05, 4.69) is 52.8 Å². The van der Waals surface area contributed by atoms with Crippen molar-refractivity contribution in [1.29, 1.82) is 0 Å². The van der Waals surface area contributed by atoms with E-state index in [1.807, 2.05) is 47.8 Å². The molecular formula is C62H107B4N15O20. The Bertz CT molecular complexity index is 2660. The lowest BCUT2D eigenvalue weighted by Gasteiger charge is -2.32. The highest BCUT2D eigenvalue weighted by Crippen LogP contribution is 2.28. The van der Waals surface area contributed by atoms with E-state index in [-0.39, 0.29) is 61.7 Å². The molecule has 35 nitrogen and oxygen atoms in total. The first-order chi connectivity index (χ1) is 47.9. The summed E-state index contributed by atoms with van der Waals surface area (Å²) >= 11 is 0. The predicted molar refractivity (Wildman–Crippen MR) is 380 cm³/mol. The number of amides is 8. The number of nitrogens with one attached hydrogen (secondary N) is 8. The molecule has 1 aromatic heterocycles. The van der Waals surface area contributed by atoms with Gasteiger partial charge in [-0.25, -0.2) is 24.0 Å². The number of hydrogen-bond donors (Lipinski definition) is 8. The van der Waals surface area contributed by atoms with E-state index < -0.39 is 111 Å². The quantitative estimate of drug-likeness (QED) is 0.0166. The maximum Gasteiger partial charge on any atom is 0.436 e. The van der Waals surface area contributed by atoms with E-state index in [9.17, 15) is 57.5 Å². The summed E-state index contributed by atoms with van der Waals surface area (Å²) in [5.41, 5.74) is -5.45. The van der Waals surface area contributed by atoms with Gasteiger partial charge < -0.3 is 100 Å². The zero-order valence-corrected chi connectivity index (χ0v) is 60.9. The van der Waals surface area contributed by atoms with Crippen LogP contribution in [0.1, 0.15) is 83.4 Å². The summed E-state index contributed by atoms with van der Waals surface area (Å²) in [4.78, 5) is 162. The van der Waals surface area contributed by atoms with Crippen LogP contribution in [0.25, 0.3) is 0 Å². The third kappa shape index (κ3) is 41.6. The SMILES string of the molecule is BC(=O)NCCCN(C)CCCNC(=O)OCC(C)(COC(=O)NCCCN(C)CCCNC(B)=O)C(=O)OCC(C)(COC(=O)C(C)(COC(=O)NCCCN(C)CCCNC(B)=O)COC(=O)NCCCN(C)CCCNC(B)=O)C(=O)OCc1cn(C(=O)OCc2ccccc2)nn1. The van der Waals surface area contributed by atoms with Gasteiger partial charge in [0.1, 0.15) is 74.8 Å². The molecule has 0 saturated heterocycles. The van der Waals surface area contributed by atoms with Crippen molar-refractivity contribution < 1.29 is 95.4 Å². The van der Waals surface area contributed by atoms with E-state index in [1.165, 1.54) is 52.2 Å². The number of carbonyl (C=O) groups is 12. The first-order valence-electron chi connectivity index (χ1n) is 33.9. The van der Waals surface area contributed by atoms with Gasteiger partial charge in [-0.15, -0.1) is 5.10 Å². The number of rotatable bonds is 51. The van der Waals surface area contributed by atoms with Crippen LogP contribution >= 0.6 is 0 Å². The number of carbonyl (C=O) groups excluding carboxylic acids is 12. The van der Waals surface area contributed by atoms with Gasteiger partial charge in [-0.1, -0.05) is 35.5 Å². The minimum absolute atomic E-state index is 0.0453. The molecule has 0 saturated carbocycles. The van der Waals surface area contributed by atoms with Crippen LogP contribution in [0.4, 0.5) is 43.2 Å². The molecule has 2 aromatic rings. The predicted octanol–water partition coefficient (Wildman–Crippen LogP) is -1.26. The minimum atomic E-state index is -2.15. The summed E-state index contributed by atoms with van der Waals surface area (Å²) in [5, 5.41) is 29.2. The second-order valence-corrected chi connectivity index (χ2v) is 25.6. The lowest BCUT2D eigenvalue weighted by Crippen LogP contribution is -2.47. The highest BCUT2D eigenvalue weighted by molar-refractivity contribution is 6.57. The second-order valence-electron chi connectivity index (χ2n) is 25.6. The molecule has 39 heteroatoms. The number of alkyl carbamates (subject to hydrolysis) is 4. The second kappa shape index (κ2) is 49.8. The molecule has 0 aliphatic carbocycles. The summed E-state index contributed by atoms with van der Waals surface area (Å²) in [5.74, 6) is -4.00. The Hall–Kier alpha value is -8.70. The molecular weight excluding hydrogens is 1320 g/mol. The van der Waals surface area contributed by atoms with Crippen LogP contribution in [0.15, 0.2) is 36.5 Å². The van der Waals surface area contributed by atoms with E-state index >= 15 is 0 Å². The molecule has 0 unspecified atom stereocenters. The zero-order valence-electron chi connectivity index (χ0n) is 60.9. The van der Waals surface area contributed by atoms with Crippen molar-refractivity contribution in [1.82, 2.24) is 77.1 Å². The molecule has 0 aliphatic rings. The minimum Gasteiger partial charge on any atom is -0.464 e. The van der Waals surface area contributed by atoms with Crippen LogP contribution in [0.2, 0.25) is 0 Å². The molecule has 0 radical (unpaired) electrons. The Morgan fingerprint density at radius 2 is 0.644 bits per heavy atom. The van der Waals surface area contributed by atoms with Gasteiger partial charge in [0.15, 0.2) is 23.2 Å². The number of esters is 3. The molecule has 1 heterocycles. The largest absolute Gasteiger partial charge is 0.464 e. The van der Waals surface area contributed by atoms with E-state index in [4.69, 9.17) is 37.9 Å². The van der Waals surface area contributed by atoms with Crippen molar-refractivity contribution >= 4 is 103 Å². The van der Waals surface area contributed by atoms with Crippen LogP contribution in [0, 0.1) is 16.2 Å². The number of hydrogen-bond acceptors (Lipinski definition) is 26. The van der Waals surface area contributed by atoms with Gasteiger partial charge in [-0.3, -0.25) is 33.6 Å².